The summed E-state index contributed by atoms with van der Waals surface area (Å²) in [5.74, 6) is -3.03. The largest absolute Gasteiger partial charge is 0.435 e. The molecule has 0 aromatic heterocycles. The zero-order valence-electron chi connectivity index (χ0n) is 11.7. The van der Waals surface area contributed by atoms with Crippen molar-refractivity contribution in [1.29, 1.82) is 0 Å². The zero-order valence-corrected chi connectivity index (χ0v) is 11.7. The van der Waals surface area contributed by atoms with Crippen LogP contribution in [0.2, 0.25) is 0 Å². The summed E-state index contributed by atoms with van der Waals surface area (Å²) < 4.78 is 54.3. The quantitative estimate of drug-likeness (QED) is 0.655. The molecule has 3 N–H and O–H groups in total. The Morgan fingerprint density at radius 3 is 2.35 bits per heavy atom. The average Bonchev–Trinajstić information content (AvgIpc) is 2.49. The van der Waals surface area contributed by atoms with Crippen LogP contribution in [-0.4, -0.2) is 12.5 Å². The van der Waals surface area contributed by atoms with E-state index >= 15 is 0 Å². The molecule has 2 rings (SSSR count). The fourth-order valence-electron chi connectivity index (χ4n) is 1.83. The van der Waals surface area contributed by atoms with E-state index in [-0.39, 0.29) is 23.5 Å². The minimum Gasteiger partial charge on any atom is -0.435 e. The van der Waals surface area contributed by atoms with Crippen LogP contribution in [0.5, 0.6) is 5.75 Å². The van der Waals surface area contributed by atoms with E-state index in [0.29, 0.717) is 11.6 Å². The third-order valence-electron chi connectivity index (χ3n) is 2.94. The van der Waals surface area contributed by atoms with Crippen LogP contribution < -0.4 is 15.8 Å². The summed E-state index contributed by atoms with van der Waals surface area (Å²) in [4.78, 5) is 11.9. The van der Waals surface area contributed by atoms with Crippen LogP contribution in [0.3, 0.4) is 0 Å². The van der Waals surface area contributed by atoms with E-state index in [4.69, 9.17) is 5.73 Å². The number of hydrogen-bond donors (Lipinski definition) is 2. The highest BCUT2D eigenvalue weighted by molar-refractivity contribution is 5.99. The maximum Gasteiger partial charge on any atom is 0.387 e. The van der Waals surface area contributed by atoms with Gasteiger partial charge in [-0.2, -0.15) is 8.78 Å². The Bertz CT molecular complexity index is 705. The Morgan fingerprint density at radius 1 is 1.13 bits per heavy atom. The molecule has 4 nitrogen and oxygen atoms in total. The number of benzene rings is 2. The van der Waals surface area contributed by atoms with Crippen LogP contribution >= 0.6 is 0 Å². The fourth-order valence-corrected chi connectivity index (χ4v) is 1.83. The predicted molar refractivity (Wildman–Crippen MR) is 75.0 cm³/mol. The average molecular weight is 328 g/mol. The normalized spacial score (nSPS) is 10.7. The Balaban J connectivity index is 2.00. The van der Waals surface area contributed by atoms with Crippen LogP contribution in [0, 0.1) is 11.6 Å². The van der Waals surface area contributed by atoms with Gasteiger partial charge in [-0.1, -0.05) is 12.1 Å². The van der Waals surface area contributed by atoms with Crippen molar-refractivity contribution in [1.82, 2.24) is 5.32 Å². The molecule has 0 radical (unpaired) electrons. The standard InChI is InChI=1S/C15H12F4N2O2/c16-11-5-10(13(20)6-12(11)17)14(22)21-7-8-1-3-9(4-2-8)23-15(18)19/h1-6,15H,7,20H2,(H,21,22). The highest BCUT2D eigenvalue weighted by atomic mass is 19.3. The molecule has 23 heavy (non-hydrogen) atoms. The Hall–Kier alpha value is -2.77. The second kappa shape index (κ2) is 6.99. The van der Waals surface area contributed by atoms with E-state index in [1.807, 2.05) is 0 Å². The first-order chi connectivity index (χ1) is 10.9. The van der Waals surface area contributed by atoms with Crippen molar-refractivity contribution in [2.24, 2.45) is 0 Å². The van der Waals surface area contributed by atoms with Crippen LogP contribution in [-0.2, 0) is 6.54 Å². The lowest BCUT2D eigenvalue weighted by atomic mass is 10.1. The lowest BCUT2D eigenvalue weighted by molar-refractivity contribution is -0.0498. The molecule has 1 amide bonds. The van der Waals surface area contributed by atoms with E-state index in [1.165, 1.54) is 24.3 Å². The summed E-state index contributed by atoms with van der Waals surface area (Å²) in [6.07, 6.45) is 0. The minimum atomic E-state index is -2.92. The summed E-state index contributed by atoms with van der Waals surface area (Å²) in [5, 5.41) is 2.47. The first-order valence-electron chi connectivity index (χ1n) is 6.43. The molecule has 0 unspecified atom stereocenters. The Morgan fingerprint density at radius 2 is 1.74 bits per heavy atom. The number of nitrogen functional groups attached to an aromatic ring is 1. The number of carbonyl (C=O) groups excluding carboxylic acids is 1. The Kier molecular flexibility index (Phi) is 5.05. The number of amides is 1. The molecule has 0 bridgehead atoms. The lowest BCUT2D eigenvalue weighted by Crippen LogP contribution is -2.24. The first kappa shape index (κ1) is 16.6. The SMILES string of the molecule is Nc1cc(F)c(F)cc1C(=O)NCc1ccc(OC(F)F)cc1. The minimum absolute atomic E-state index is 0.0140. The van der Waals surface area contributed by atoms with Gasteiger partial charge in [0, 0.05) is 18.3 Å². The van der Waals surface area contributed by atoms with Crippen LogP contribution in [0.4, 0.5) is 23.2 Å². The third-order valence-corrected chi connectivity index (χ3v) is 2.94. The van der Waals surface area contributed by atoms with Gasteiger partial charge in [0.25, 0.3) is 5.91 Å². The highest BCUT2D eigenvalue weighted by Gasteiger charge is 2.14. The van der Waals surface area contributed by atoms with E-state index in [9.17, 15) is 22.4 Å². The van der Waals surface area contributed by atoms with Gasteiger partial charge >= 0.3 is 6.61 Å². The van der Waals surface area contributed by atoms with Gasteiger partial charge in [0.1, 0.15) is 5.75 Å². The van der Waals surface area contributed by atoms with Gasteiger partial charge in [0.2, 0.25) is 0 Å². The number of halogens is 4. The number of ether oxygens (including phenoxy) is 1. The number of alkyl halides is 2. The van der Waals surface area contributed by atoms with Gasteiger partial charge in [0.15, 0.2) is 11.6 Å². The van der Waals surface area contributed by atoms with Crippen molar-refractivity contribution in [2.75, 3.05) is 5.73 Å². The van der Waals surface area contributed by atoms with Crippen molar-refractivity contribution in [3.63, 3.8) is 0 Å². The molecule has 0 aliphatic rings. The van der Waals surface area contributed by atoms with E-state index in [1.54, 1.807) is 0 Å². The van der Waals surface area contributed by atoms with E-state index < -0.39 is 24.2 Å². The molecule has 0 spiro atoms. The van der Waals surface area contributed by atoms with Gasteiger partial charge in [-0.3, -0.25) is 4.79 Å². The number of nitrogens with two attached hydrogens (primary N) is 1. The summed E-state index contributed by atoms with van der Waals surface area (Å²) in [6.45, 7) is -2.87. The molecule has 8 heteroatoms. The number of rotatable bonds is 5. The molecule has 0 saturated heterocycles. The van der Waals surface area contributed by atoms with Crippen molar-refractivity contribution >= 4 is 11.6 Å². The first-order valence-corrected chi connectivity index (χ1v) is 6.43. The third kappa shape index (κ3) is 4.35. The molecule has 2 aromatic rings. The summed E-state index contributed by atoms with van der Waals surface area (Å²) in [7, 11) is 0. The van der Waals surface area contributed by atoms with E-state index in [2.05, 4.69) is 10.1 Å². The van der Waals surface area contributed by atoms with Gasteiger partial charge in [-0.15, -0.1) is 0 Å². The molecule has 122 valence electrons. The highest BCUT2D eigenvalue weighted by Crippen LogP contribution is 2.18. The van der Waals surface area contributed by atoms with Crippen molar-refractivity contribution in [3.8, 4) is 5.75 Å². The summed E-state index contributed by atoms with van der Waals surface area (Å²) in [6, 6.07) is 7.03. The number of nitrogens with one attached hydrogen (secondary N) is 1. The lowest BCUT2D eigenvalue weighted by Gasteiger charge is -2.09. The smallest absolute Gasteiger partial charge is 0.387 e. The number of carbonyl (C=O) groups is 1. The molecule has 0 atom stereocenters. The number of anilines is 1. The van der Waals surface area contributed by atoms with Gasteiger partial charge in [-0.25, -0.2) is 8.78 Å². The molecule has 0 aliphatic carbocycles. The fraction of sp³-hybridized carbons (Fsp3) is 0.133. The molecule has 0 heterocycles. The van der Waals surface area contributed by atoms with Gasteiger partial charge in [-0.05, 0) is 23.8 Å². The van der Waals surface area contributed by atoms with E-state index in [0.717, 1.165) is 6.07 Å². The molecular formula is C15H12F4N2O2. The van der Waals surface area contributed by atoms with Crippen LogP contribution in [0.15, 0.2) is 36.4 Å². The monoisotopic (exact) mass is 328 g/mol. The topological polar surface area (TPSA) is 64.4 Å². The van der Waals surface area contributed by atoms with Gasteiger partial charge in [0.05, 0.1) is 5.56 Å². The summed E-state index contributed by atoms with van der Waals surface area (Å²) in [5.41, 5.74) is 5.68. The second-order valence-corrected chi connectivity index (χ2v) is 4.56. The molecule has 0 saturated carbocycles. The maximum atomic E-state index is 13.1. The van der Waals surface area contributed by atoms with Crippen LogP contribution in [0.1, 0.15) is 15.9 Å². The Labute approximate surface area is 128 Å². The van der Waals surface area contributed by atoms with Crippen LogP contribution in [0.25, 0.3) is 0 Å². The summed E-state index contributed by atoms with van der Waals surface area (Å²) >= 11 is 0. The van der Waals surface area contributed by atoms with Gasteiger partial charge < -0.3 is 15.8 Å². The second-order valence-electron chi connectivity index (χ2n) is 4.56. The molecule has 0 aliphatic heterocycles. The number of hydrogen-bond acceptors (Lipinski definition) is 3. The molecule has 0 fully saturated rings. The molecular weight excluding hydrogens is 316 g/mol. The molecule has 2 aromatic carbocycles. The predicted octanol–water partition coefficient (Wildman–Crippen LogP) is 3.08. The van der Waals surface area contributed by atoms with Crippen molar-refractivity contribution in [3.05, 3.63) is 59.2 Å². The maximum absolute atomic E-state index is 13.1. The zero-order chi connectivity index (χ0) is 17.0. The van der Waals surface area contributed by atoms with Crippen molar-refractivity contribution in [2.45, 2.75) is 13.2 Å². The van der Waals surface area contributed by atoms with Crippen molar-refractivity contribution < 1.29 is 27.1 Å².